The van der Waals surface area contributed by atoms with Gasteiger partial charge in [0.15, 0.2) is 0 Å². The van der Waals surface area contributed by atoms with Gasteiger partial charge in [-0.25, -0.2) is 0 Å². The van der Waals surface area contributed by atoms with Gasteiger partial charge < -0.3 is 11.1 Å². The van der Waals surface area contributed by atoms with E-state index in [4.69, 9.17) is 18.0 Å². The molecule has 0 radical (unpaired) electrons. The summed E-state index contributed by atoms with van der Waals surface area (Å²) in [5.74, 6) is -0.0869. The molecule has 1 aromatic rings. The number of aryl methyl sites for hydroxylation is 2. The number of hydrogen-bond acceptors (Lipinski definition) is 2. The van der Waals surface area contributed by atoms with E-state index < -0.39 is 5.41 Å². The Morgan fingerprint density at radius 3 is 2.28 bits per heavy atom. The first-order chi connectivity index (χ1) is 8.36. The van der Waals surface area contributed by atoms with Crippen molar-refractivity contribution in [2.24, 2.45) is 11.1 Å². The summed E-state index contributed by atoms with van der Waals surface area (Å²) in [6.45, 7) is 3.99. The maximum Gasteiger partial charge on any atom is 0.237 e. The van der Waals surface area contributed by atoms with Crippen LogP contribution in [0.4, 0.5) is 5.69 Å². The number of hydrogen-bond donors (Lipinski definition) is 2. The molecule has 96 valence electrons. The maximum atomic E-state index is 12.2. The van der Waals surface area contributed by atoms with Gasteiger partial charge in [0.1, 0.15) is 0 Å². The van der Waals surface area contributed by atoms with Crippen LogP contribution < -0.4 is 11.1 Å². The highest BCUT2D eigenvalue weighted by molar-refractivity contribution is 9.10. The third-order valence-corrected chi connectivity index (χ3v) is 4.99. The van der Waals surface area contributed by atoms with Crippen molar-refractivity contribution < 1.29 is 4.79 Å². The lowest BCUT2D eigenvalue weighted by molar-refractivity contribution is -0.118. The summed E-state index contributed by atoms with van der Waals surface area (Å²) in [4.78, 5) is 12.5. The predicted molar refractivity (Wildman–Crippen MR) is 80.7 cm³/mol. The van der Waals surface area contributed by atoms with E-state index in [-0.39, 0.29) is 5.91 Å². The summed E-state index contributed by atoms with van der Waals surface area (Å²) in [7, 11) is 0. The third-order valence-electron chi connectivity index (χ3n) is 3.35. The highest BCUT2D eigenvalue weighted by Crippen LogP contribution is 2.46. The molecule has 0 aromatic heterocycles. The number of halogens is 1. The predicted octanol–water partition coefficient (Wildman–Crippen LogP) is 3.07. The van der Waals surface area contributed by atoms with Gasteiger partial charge in [0, 0.05) is 10.2 Å². The molecule has 0 aliphatic heterocycles. The van der Waals surface area contributed by atoms with Crippen LogP contribution in [0.15, 0.2) is 16.6 Å². The van der Waals surface area contributed by atoms with Crippen molar-refractivity contribution in [3.05, 3.63) is 27.7 Å². The van der Waals surface area contributed by atoms with Crippen LogP contribution in [0.25, 0.3) is 0 Å². The zero-order valence-electron chi connectivity index (χ0n) is 10.3. The SMILES string of the molecule is Cc1cc(NC(=O)C2(C(N)=S)CC2)cc(C)c1Br. The molecule has 1 amide bonds. The smallest absolute Gasteiger partial charge is 0.237 e. The number of nitrogens with two attached hydrogens (primary N) is 1. The summed E-state index contributed by atoms with van der Waals surface area (Å²) >= 11 is 8.47. The van der Waals surface area contributed by atoms with Crippen LogP contribution in [-0.2, 0) is 4.79 Å². The van der Waals surface area contributed by atoms with Crippen LogP contribution in [0.1, 0.15) is 24.0 Å². The Labute approximate surface area is 120 Å². The van der Waals surface area contributed by atoms with Gasteiger partial charge in [-0.05, 0) is 49.9 Å². The quantitative estimate of drug-likeness (QED) is 0.839. The van der Waals surface area contributed by atoms with Crippen molar-refractivity contribution in [1.29, 1.82) is 0 Å². The number of thiocarbonyl (C=S) groups is 1. The molecule has 0 heterocycles. The largest absolute Gasteiger partial charge is 0.392 e. The van der Waals surface area contributed by atoms with Crippen LogP contribution >= 0.6 is 28.1 Å². The zero-order chi connectivity index (χ0) is 13.5. The van der Waals surface area contributed by atoms with Gasteiger partial charge in [-0.1, -0.05) is 28.1 Å². The lowest BCUT2D eigenvalue weighted by Crippen LogP contribution is -2.35. The van der Waals surface area contributed by atoms with E-state index in [1.54, 1.807) is 0 Å². The Balaban J connectivity index is 2.20. The summed E-state index contributed by atoms with van der Waals surface area (Å²) in [6, 6.07) is 3.87. The molecular formula is C13H15BrN2OS. The minimum atomic E-state index is -0.607. The minimum absolute atomic E-state index is 0.0869. The first-order valence-corrected chi connectivity index (χ1v) is 6.95. The molecule has 3 N–H and O–H groups in total. The van der Waals surface area contributed by atoms with Gasteiger partial charge in [0.25, 0.3) is 0 Å². The Kier molecular flexibility index (Phi) is 3.47. The summed E-state index contributed by atoms with van der Waals surface area (Å²) < 4.78 is 1.07. The number of nitrogens with one attached hydrogen (secondary N) is 1. The molecule has 2 rings (SSSR count). The molecule has 1 aliphatic carbocycles. The number of amides is 1. The fourth-order valence-electron chi connectivity index (χ4n) is 1.98. The van der Waals surface area contributed by atoms with Crippen molar-refractivity contribution >= 4 is 44.7 Å². The molecule has 3 nitrogen and oxygen atoms in total. The zero-order valence-corrected chi connectivity index (χ0v) is 12.7. The van der Waals surface area contributed by atoms with E-state index in [1.165, 1.54) is 0 Å². The van der Waals surface area contributed by atoms with Gasteiger partial charge >= 0.3 is 0 Å². The Morgan fingerprint density at radius 2 is 1.89 bits per heavy atom. The lowest BCUT2D eigenvalue weighted by Gasteiger charge is -2.15. The molecular weight excluding hydrogens is 312 g/mol. The summed E-state index contributed by atoms with van der Waals surface area (Å²) in [5.41, 5.74) is 8.00. The second-order valence-corrected chi connectivity index (χ2v) is 6.06. The van der Waals surface area contributed by atoms with Crippen LogP contribution in [-0.4, -0.2) is 10.9 Å². The molecule has 0 spiro atoms. The molecule has 18 heavy (non-hydrogen) atoms. The van der Waals surface area contributed by atoms with Crippen LogP contribution in [0.3, 0.4) is 0 Å². The lowest BCUT2D eigenvalue weighted by atomic mass is 10.1. The van der Waals surface area contributed by atoms with Gasteiger partial charge in [-0.2, -0.15) is 0 Å². The summed E-state index contributed by atoms with van der Waals surface area (Å²) in [5, 5.41) is 2.91. The van der Waals surface area contributed by atoms with Crippen molar-refractivity contribution in [3.8, 4) is 0 Å². The number of carbonyl (C=O) groups excluding carboxylic acids is 1. The molecule has 1 aliphatic rings. The van der Waals surface area contributed by atoms with Crippen molar-refractivity contribution in [2.75, 3.05) is 5.32 Å². The minimum Gasteiger partial charge on any atom is -0.392 e. The van der Waals surface area contributed by atoms with Crippen molar-refractivity contribution in [1.82, 2.24) is 0 Å². The number of benzene rings is 1. The standard InChI is InChI=1S/C13H15BrN2OS/c1-7-5-9(6-8(2)10(7)14)16-12(17)13(3-4-13)11(15)18/h5-6H,3-4H2,1-2H3,(H2,15,18)(H,16,17). The van der Waals surface area contributed by atoms with E-state index in [1.807, 2.05) is 26.0 Å². The molecule has 1 fully saturated rings. The van der Waals surface area contributed by atoms with Gasteiger partial charge in [0.2, 0.25) is 5.91 Å². The molecule has 0 unspecified atom stereocenters. The van der Waals surface area contributed by atoms with Crippen LogP contribution in [0, 0.1) is 19.3 Å². The summed E-state index contributed by atoms with van der Waals surface area (Å²) in [6.07, 6.45) is 1.51. The van der Waals surface area contributed by atoms with Gasteiger partial charge in [0.05, 0.1) is 10.4 Å². The van der Waals surface area contributed by atoms with Crippen LogP contribution in [0.5, 0.6) is 0 Å². The van der Waals surface area contributed by atoms with E-state index >= 15 is 0 Å². The monoisotopic (exact) mass is 326 g/mol. The molecule has 0 bridgehead atoms. The van der Waals surface area contributed by atoms with Gasteiger partial charge in [-0.15, -0.1) is 0 Å². The molecule has 0 saturated heterocycles. The Bertz CT molecular complexity index is 515. The first kappa shape index (κ1) is 13.5. The normalized spacial score (nSPS) is 16.2. The number of rotatable bonds is 3. The average molecular weight is 327 g/mol. The molecule has 1 aromatic carbocycles. The fraction of sp³-hybridized carbons (Fsp3) is 0.385. The van der Waals surface area contributed by atoms with E-state index in [9.17, 15) is 4.79 Å². The van der Waals surface area contributed by atoms with E-state index in [2.05, 4.69) is 21.2 Å². The second kappa shape index (κ2) is 4.63. The number of anilines is 1. The van der Waals surface area contributed by atoms with Crippen molar-refractivity contribution in [3.63, 3.8) is 0 Å². The molecule has 5 heteroatoms. The Morgan fingerprint density at radius 1 is 1.39 bits per heavy atom. The second-order valence-electron chi connectivity index (χ2n) is 4.82. The highest BCUT2D eigenvalue weighted by atomic mass is 79.9. The van der Waals surface area contributed by atoms with Crippen LogP contribution in [0.2, 0.25) is 0 Å². The third kappa shape index (κ3) is 2.29. The van der Waals surface area contributed by atoms with Gasteiger partial charge in [-0.3, -0.25) is 4.79 Å². The van der Waals surface area contributed by atoms with Crippen molar-refractivity contribution in [2.45, 2.75) is 26.7 Å². The van der Waals surface area contributed by atoms with E-state index in [0.29, 0.717) is 4.99 Å². The highest BCUT2D eigenvalue weighted by Gasteiger charge is 2.52. The topological polar surface area (TPSA) is 55.1 Å². The van der Waals surface area contributed by atoms with E-state index in [0.717, 1.165) is 34.1 Å². The Hall–Kier alpha value is -0.940. The number of carbonyl (C=O) groups is 1. The first-order valence-electron chi connectivity index (χ1n) is 5.75. The average Bonchev–Trinajstić information content (AvgIpc) is 3.06. The molecule has 1 saturated carbocycles. The molecule has 0 atom stereocenters. The fourth-order valence-corrected chi connectivity index (χ4v) is 2.50. The maximum absolute atomic E-state index is 12.2.